The van der Waals surface area contributed by atoms with Crippen LogP contribution in [0.4, 0.5) is 5.69 Å². The van der Waals surface area contributed by atoms with E-state index < -0.39 is 11.4 Å². The van der Waals surface area contributed by atoms with Crippen LogP contribution in [0.3, 0.4) is 0 Å². The van der Waals surface area contributed by atoms with Crippen LogP contribution in [0.15, 0.2) is 18.2 Å². The fourth-order valence-electron chi connectivity index (χ4n) is 2.81. The molecule has 21 heavy (non-hydrogen) atoms. The van der Waals surface area contributed by atoms with Gasteiger partial charge in [-0.05, 0) is 49.8 Å². The van der Waals surface area contributed by atoms with Crippen molar-refractivity contribution < 1.29 is 9.90 Å². The highest BCUT2D eigenvalue weighted by Crippen LogP contribution is 2.39. The van der Waals surface area contributed by atoms with Gasteiger partial charge in [0.05, 0.1) is 16.7 Å². The van der Waals surface area contributed by atoms with E-state index in [1.54, 1.807) is 18.2 Å². The van der Waals surface area contributed by atoms with Crippen molar-refractivity contribution in [2.75, 3.05) is 11.9 Å². The summed E-state index contributed by atoms with van der Waals surface area (Å²) in [7, 11) is 0. The van der Waals surface area contributed by atoms with Crippen molar-refractivity contribution in [1.82, 2.24) is 0 Å². The number of aliphatic carboxylic acids is 1. The van der Waals surface area contributed by atoms with Gasteiger partial charge in [-0.25, -0.2) is 0 Å². The van der Waals surface area contributed by atoms with Crippen molar-refractivity contribution in [3.8, 4) is 6.07 Å². The van der Waals surface area contributed by atoms with Crippen LogP contribution in [0.1, 0.15) is 38.2 Å². The minimum absolute atomic E-state index is 0.323. The Balaban J connectivity index is 2.15. The minimum Gasteiger partial charge on any atom is -0.481 e. The van der Waals surface area contributed by atoms with Crippen molar-refractivity contribution in [2.45, 2.75) is 32.6 Å². The fraction of sp³-hybridized carbons (Fsp3) is 0.500. The van der Waals surface area contributed by atoms with E-state index in [1.807, 2.05) is 0 Å². The summed E-state index contributed by atoms with van der Waals surface area (Å²) in [6.45, 7) is 2.48. The highest BCUT2D eigenvalue weighted by molar-refractivity contribution is 6.30. The number of nitriles is 1. The predicted octanol–water partition coefficient (Wildman–Crippen LogP) is 3.90. The molecule has 5 heteroatoms. The Morgan fingerprint density at radius 2 is 2.19 bits per heavy atom. The molecular formula is C16H19ClN2O2. The van der Waals surface area contributed by atoms with Crippen molar-refractivity contribution in [3.05, 3.63) is 28.8 Å². The molecule has 0 heterocycles. The number of nitrogens with one attached hydrogen (secondary N) is 1. The SMILES string of the molecule is CC1CCC(CNc2cc(Cl)ccc2C#N)(C(=O)O)CC1. The van der Waals surface area contributed by atoms with E-state index in [9.17, 15) is 9.90 Å². The van der Waals surface area contributed by atoms with Crippen LogP contribution in [0, 0.1) is 22.7 Å². The molecule has 0 unspecified atom stereocenters. The molecule has 0 atom stereocenters. The van der Waals surface area contributed by atoms with Crippen molar-refractivity contribution in [3.63, 3.8) is 0 Å². The molecule has 2 N–H and O–H groups in total. The lowest BCUT2D eigenvalue weighted by Crippen LogP contribution is -2.41. The van der Waals surface area contributed by atoms with Crippen LogP contribution in [0.2, 0.25) is 5.02 Å². The number of hydrogen-bond donors (Lipinski definition) is 2. The van der Waals surface area contributed by atoms with E-state index in [0.717, 1.165) is 12.8 Å². The van der Waals surface area contributed by atoms with Gasteiger partial charge in [0.15, 0.2) is 0 Å². The van der Waals surface area contributed by atoms with E-state index in [2.05, 4.69) is 18.3 Å². The lowest BCUT2D eigenvalue weighted by molar-refractivity contribution is -0.150. The van der Waals surface area contributed by atoms with Gasteiger partial charge in [0.25, 0.3) is 0 Å². The van der Waals surface area contributed by atoms with Gasteiger partial charge in [0.2, 0.25) is 0 Å². The van der Waals surface area contributed by atoms with Gasteiger partial charge >= 0.3 is 5.97 Å². The van der Waals surface area contributed by atoms with Gasteiger partial charge < -0.3 is 10.4 Å². The molecule has 1 aliphatic rings. The molecular weight excluding hydrogens is 288 g/mol. The standard InChI is InChI=1S/C16H19ClN2O2/c1-11-4-6-16(7-5-11,15(20)21)10-19-14-8-13(17)3-2-12(14)9-18/h2-3,8,11,19H,4-7,10H2,1H3,(H,20,21). The average molecular weight is 307 g/mol. The van der Waals surface area contributed by atoms with Gasteiger partial charge in [-0.1, -0.05) is 18.5 Å². The summed E-state index contributed by atoms with van der Waals surface area (Å²) in [5.74, 6) is -0.180. The summed E-state index contributed by atoms with van der Waals surface area (Å²) >= 11 is 5.95. The Morgan fingerprint density at radius 3 is 2.76 bits per heavy atom. The average Bonchev–Trinajstić information content (AvgIpc) is 2.47. The van der Waals surface area contributed by atoms with Gasteiger partial charge in [0.1, 0.15) is 6.07 Å². The Kier molecular flexibility index (Phi) is 4.74. The van der Waals surface area contributed by atoms with E-state index in [4.69, 9.17) is 16.9 Å². The van der Waals surface area contributed by atoms with Crippen LogP contribution in [0.5, 0.6) is 0 Å². The summed E-state index contributed by atoms with van der Waals surface area (Å²) in [6, 6.07) is 7.05. The molecule has 0 amide bonds. The van der Waals surface area contributed by atoms with Crippen molar-refractivity contribution in [1.29, 1.82) is 5.26 Å². The molecule has 0 aliphatic heterocycles. The molecule has 1 aromatic rings. The molecule has 112 valence electrons. The summed E-state index contributed by atoms with van der Waals surface area (Å²) in [4.78, 5) is 11.7. The Hall–Kier alpha value is -1.73. The molecule has 0 aromatic heterocycles. The predicted molar refractivity (Wildman–Crippen MR) is 82.4 cm³/mol. The van der Waals surface area contributed by atoms with Crippen LogP contribution in [-0.4, -0.2) is 17.6 Å². The zero-order valence-electron chi connectivity index (χ0n) is 12.0. The second kappa shape index (κ2) is 6.36. The number of hydrogen-bond acceptors (Lipinski definition) is 3. The fourth-order valence-corrected chi connectivity index (χ4v) is 2.98. The minimum atomic E-state index is -0.762. The zero-order valence-corrected chi connectivity index (χ0v) is 12.8. The van der Waals surface area contributed by atoms with Gasteiger partial charge in [-0.3, -0.25) is 4.79 Å². The first-order valence-corrected chi connectivity index (χ1v) is 7.51. The third-order valence-electron chi connectivity index (χ3n) is 4.40. The second-order valence-electron chi connectivity index (χ2n) is 5.92. The molecule has 1 aromatic carbocycles. The van der Waals surface area contributed by atoms with Crippen LogP contribution in [0.25, 0.3) is 0 Å². The number of halogens is 1. The lowest BCUT2D eigenvalue weighted by Gasteiger charge is -2.36. The van der Waals surface area contributed by atoms with Crippen LogP contribution < -0.4 is 5.32 Å². The highest BCUT2D eigenvalue weighted by Gasteiger charge is 2.41. The number of benzene rings is 1. The quantitative estimate of drug-likeness (QED) is 0.884. The number of nitrogens with zero attached hydrogens (tertiary/aromatic N) is 1. The molecule has 1 fully saturated rings. The maximum absolute atomic E-state index is 11.7. The van der Waals surface area contributed by atoms with E-state index in [1.165, 1.54) is 0 Å². The Labute approximate surface area is 129 Å². The summed E-state index contributed by atoms with van der Waals surface area (Å²) in [5, 5.41) is 22.4. The first-order chi connectivity index (χ1) is 9.97. The number of rotatable bonds is 4. The second-order valence-corrected chi connectivity index (χ2v) is 6.36. The van der Waals surface area contributed by atoms with Gasteiger partial charge in [-0.15, -0.1) is 0 Å². The number of carbonyl (C=O) groups is 1. The molecule has 0 saturated heterocycles. The Morgan fingerprint density at radius 1 is 1.52 bits per heavy atom. The van der Waals surface area contributed by atoms with E-state index in [0.29, 0.717) is 41.6 Å². The summed E-state index contributed by atoms with van der Waals surface area (Å²) < 4.78 is 0. The topological polar surface area (TPSA) is 73.1 Å². The van der Waals surface area contributed by atoms with E-state index in [-0.39, 0.29) is 0 Å². The molecule has 0 radical (unpaired) electrons. The maximum Gasteiger partial charge on any atom is 0.311 e. The first-order valence-electron chi connectivity index (χ1n) is 7.14. The smallest absolute Gasteiger partial charge is 0.311 e. The molecule has 0 bridgehead atoms. The molecule has 1 aliphatic carbocycles. The largest absolute Gasteiger partial charge is 0.481 e. The van der Waals surface area contributed by atoms with Crippen molar-refractivity contribution in [2.24, 2.45) is 11.3 Å². The summed E-state index contributed by atoms with van der Waals surface area (Å²) in [5.41, 5.74) is 0.329. The van der Waals surface area contributed by atoms with Gasteiger partial charge in [0, 0.05) is 11.6 Å². The lowest BCUT2D eigenvalue weighted by atomic mass is 9.70. The molecule has 0 spiro atoms. The highest BCUT2D eigenvalue weighted by atomic mass is 35.5. The number of carboxylic acids is 1. The maximum atomic E-state index is 11.7. The zero-order chi connectivity index (χ0) is 15.5. The van der Waals surface area contributed by atoms with E-state index >= 15 is 0 Å². The Bertz CT molecular complexity index is 572. The van der Waals surface area contributed by atoms with Crippen LogP contribution >= 0.6 is 11.6 Å². The molecule has 1 saturated carbocycles. The van der Waals surface area contributed by atoms with Gasteiger partial charge in [-0.2, -0.15) is 5.26 Å². The molecule has 4 nitrogen and oxygen atoms in total. The first kappa shape index (κ1) is 15.7. The number of anilines is 1. The molecule has 2 rings (SSSR count). The van der Waals surface area contributed by atoms with Crippen molar-refractivity contribution >= 4 is 23.3 Å². The third-order valence-corrected chi connectivity index (χ3v) is 4.64. The van der Waals surface area contributed by atoms with Crippen LogP contribution in [-0.2, 0) is 4.79 Å². The summed E-state index contributed by atoms with van der Waals surface area (Å²) in [6.07, 6.45) is 3.18. The number of carboxylic acid groups (broad SMARTS) is 1. The normalized spacial score (nSPS) is 25.1. The monoisotopic (exact) mass is 306 g/mol. The third kappa shape index (κ3) is 3.48.